The highest BCUT2D eigenvalue weighted by Crippen LogP contribution is 2.42. The molecule has 0 unspecified atom stereocenters. The molecule has 0 fully saturated rings. The molecule has 0 aliphatic rings. The van der Waals surface area contributed by atoms with Gasteiger partial charge in [0.2, 0.25) is 0 Å². The van der Waals surface area contributed by atoms with Gasteiger partial charge >= 0.3 is 0 Å². The molecule has 0 bridgehead atoms. The van der Waals surface area contributed by atoms with Crippen LogP contribution in [0.1, 0.15) is 0 Å². The molecule has 0 saturated carbocycles. The fraction of sp³-hybridized carbons (Fsp3) is 0. The number of para-hydroxylation sites is 3. The highest BCUT2D eigenvalue weighted by Gasteiger charge is 2.18. The van der Waals surface area contributed by atoms with Crippen LogP contribution in [0.2, 0.25) is 0 Å². The van der Waals surface area contributed by atoms with E-state index in [4.69, 9.17) is 0 Å². The van der Waals surface area contributed by atoms with Crippen molar-refractivity contribution in [2.45, 2.75) is 0 Å². The average molecular weight is 489 g/mol. The Balaban J connectivity index is 1.31. The first-order valence-corrected chi connectivity index (χ1v) is 13.5. The number of nitrogens with zero attached hydrogens (tertiary/aromatic N) is 2. The van der Waals surface area contributed by atoms with Crippen molar-refractivity contribution >= 4 is 70.6 Å². The van der Waals surface area contributed by atoms with Gasteiger partial charge in [0.15, 0.2) is 0 Å². The lowest BCUT2D eigenvalue weighted by Crippen LogP contribution is -1.92. The molecule has 3 heteroatoms. The van der Waals surface area contributed by atoms with Crippen LogP contribution in [0.25, 0.3) is 76.0 Å². The molecule has 2 nitrogen and oxygen atoms in total. The Morgan fingerprint density at radius 3 is 1.95 bits per heavy atom. The third-order valence-electron chi connectivity index (χ3n) is 7.95. The lowest BCUT2D eigenvalue weighted by Gasteiger charge is -2.08. The van der Waals surface area contributed by atoms with Gasteiger partial charge in [-0.25, -0.2) is 0 Å². The monoisotopic (exact) mass is 488 g/mol. The zero-order valence-electron chi connectivity index (χ0n) is 19.8. The fourth-order valence-electron chi connectivity index (χ4n) is 6.36. The molecule has 172 valence electrons. The minimum Gasteiger partial charge on any atom is -0.309 e. The van der Waals surface area contributed by atoms with E-state index in [2.05, 4.69) is 130 Å². The number of aromatic nitrogens is 2. The normalized spacial score (nSPS) is 12.3. The molecular weight excluding hydrogens is 468 g/mol. The maximum Gasteiger partial charge on any atom is 0.108 e. The van der Waals surface area contributed by atoms with Crippen LogP contribution in [-0.4, -0.2) is 8.97 Å². The van der Waals surface area contributed by atoms with Crippen LogP contribution in [0, 0.1) is 0 Å². The SMILES string of the molecule is c1ccc(-n2c3ccccc3c3cc(-c4ccc5c(c4)c4cccc6c7ccsc7n5c46)ccc32)cc1. The lowest BCUT2D eigenvalue weighted by atomic mass is 10.00. The summed E-state index contributed by atoms with van der Waals surface area (Å²) in [7, 11) is 0. The first kappa shape index (κ1) is 19.6. The molecule has 4 heterocycles. The van der Waals surface area contributed by atoms with Gasteiger partial charge in [0.1, 0.15) is 4.83 Å². The second-order valence-corrected chi connectivity index (χ2v) is 10.7. The molecule has 0 saturated heterocycles. The molecule has 5 aromatic carbocycles. The van der Waals surface area contributed by atoms with Crippen LogP contribution in [0.3, 0.4) is 0 Å². The van der Waals surface area contributed by atoms with Gasteiger partial charge in [0.05, 0.1) is 22.1 Å². The Kier molecular flexibility index (Phi) is 3.70. The molecule has 0 atom stereocenters. The van der Waals surface area contributed by atoms with E-state index in [1.165, 1.54) is 76.0 Å². The summed E-state index contributed by atoms with van der Waals surface area (Å²) in [5.41, 5.74) is 8.79. The third-order valence-corrected chi connectivity index (χ3v) is 8.84. The quantitative estimate of drug-likeness (QED) is 0.229. The number of fused-ring (bicyclic) bond motifs is 9. The van der Waals surface area contributed by atoms with E-state index >= 15 is 0 Å². The van der Waals surface area contributed by atoms with Crippen LogP contribution in [-0.2, 0) is 0 Å². The van der Waals surface area contributed by atoms with Crippen molar-refractivity contribution in [3.05, 3.63) is 121 Å². The topological polar surface area (TPSA) is 9.34 Å². The number of hydrogen-bond acceptors (Lipinski definition) is 1. The first-order chi connectivity index (χ1) is 18.4. The van der Waals surface area contributed by atoms with E-state index in [1.807, 2.05) is 11.3 Å². The summed E-state index contributed by atoms with van der Waals surface area (Å²) in [5, 5.41) is 10.1. The maximum atomic E-state index is 2.46. The summed E-state index contributed by atoms with van der Waals surface area (Å²) in [5.74, 6) is 0. The van der Waals surface area contributed by atoms with Crippen LogP contribution in [0.4, 0.5) is 0 Å². The van der Waals surface area contributed by atoms with E-state index in [9.17, 15) is 0 Å². The van der Waals surface area contributed by atoms with Crippen molar-refractivity contribution in [2.75, 3.05) is 0 Å². The zero-order chi connectivity index (χ0) is 24.1. The average Bonchev–Trinajstić information content (AvgIpc) is 3.70. The van der Waals surface area contributed by atoms with Crippen molar-refractivity contribution in [3.8, 4) is 16.8 Å². The van der Waals surface area contributed by atoms with Crippen molar-refractivity contribution in [2.24, 2.45) is 0 Å². The Labute approximate surface area is 216 Å². The molecule has 0 aliphatic heterocycles. The molecule has 0 radical (unpaired) electrons. The molecular formula is C34H20N2S. The second kappa shape index (κ2) is 7.00. The van der Waals surface area contributed by atoms with Crippen LogP contribution in [0.15, 0.2) is 121 Å². The minimum atomic E-state index is 1.19. The molecule has 9 rings (SSSR count). The number of rotatable bonds is 2. The number of benzene rings is 5. The summed E-state index contributed by atoms with van der Waals surface area (Å²) in [6.45, 7) is 0. The highest BCUT2D eigenvalue weighted by molar-refractivity contribution is 7.17. The predicted octanol–water partition coefficient (Wildman–Crippen LogP) is 9.66. The van der Waals surface area contributed by atoms with Gasteiger partial charge in [-0.05, 0) is 65.0 Å². The number of thiophene rings is 1. The molecule has 9 aromatic rings. The van der Waals surface area contributed by atoms with E-state index in [1.54, 1.807) is 0 Å². The van der Waals surface area contributed by atoms with Gasteiger partial charge in [-0.3, -0.25) is 4.40 Å². The lowest BCUT2D eigenvalue weighted by molar-refractivity contribution is 1.18. The van der Waals surface area contributed by atoms with Gasteiger partial charge in [-0.2, -0.15) is 0 Å². The van der Waals surface area contributed by atoms with Crippen molar-refractivity contribution < 1.29 is 0 Å². The molecule has 0 amide bonds. The smallest absolute Gasteiger partial charge is 0.108 e. The van der Waals surface area contributed by atoms with Gasteiger partial charge in [0, 0.05) is 38.0 Å². The van der Waals surface area contributed by atoms with Gasteiger partial charge in [-0.15, -0.1) is 11.3 Å². The molecule has 0 aliphatic carbocycles. The zero-order valence-corrected chi connectivity index (χ0v) is 20.7. The maximum absolute atomic E-state index is 2.46. The van der Waals surface area contributed by atoms with E-state index < -0.39 is 0 Å². The Morgan fingerprint density at radius 1 is 0.459 bits per heavy atom. The van der Waals surface area contributed by atoms with Crippen LogP contribution < -0.4 is 0 Å². The first-order valence-electron chi connectivity index (χ1n) is 12.6. The predicted molar refractivity (Wildman–Crippen MR) is 159 cm³/mol. The Hall–Kier alpha value is -4.60. The molecule has 0 N–H and O–H groups in total. The summed E-state index contributed by atoms with van der Waals surface area (Å²) in [6.07, 6.45) is 0. The molecule has 0 spiro atoms. The van der Waals surface area contributed by atoms with Crippen molar-refractivity contribution in [3.63, 3.8) is 0 Å². The van der Waals surface area contributed by atoms with Gasteiger partial charge in [-0.1, -0.05) is 66.7 Å². The minimum absolute atomic E-state index is 1.19. The van der Waals surface area contributed by atoms with Crippen LogP contribution >= 0.6 is 11.3 Å². The Bertz CT molecular complexity index is 2300. The van der Waals surface area contributed by atoms with Gasteiger partial charge in [0.25, 0.3) is 0 Å². The van der Waals surface area contributed by atoms with Crippen LogP contribution in [0.5, 0.6) is 0 Å². The van der Waals surface area contributed by atoms with Crippen molar-refractivity contribution in [1.29, 1.82) is 0 Å². The van der Waals surface area contributed by atoms with Gasteiger partial charge < -0.3 is 4.57 Å². The highest BCUT2D eigenvalue weighted by atomic mass is 32.1. The summed E-state index contributed by atoms with van der Waals surface area (Å²) in [6, 6.07) is 42.3. The summed E-state index contributed by atoms with van der Waals surface area (Å²) >= 11 is 1.83. The van der Waals surface area contributed by atoms with E-state index in [-0.39, 0.29) is 0 Å². The van der Waals surface area contributed by atoms with E-state index in [0.717, 1.165) is 0 Å². The number of hydrogen-bond donors (Lipinski definition) is 0. The largest absolute Gasteiger partial charge is 0.309 e. The summed E-state index contributed by atoms with van der Waals surface area (Å²) < 4.78 is 4.83. The summed E-state index contributed by atoms with van der Waals surface area (Å²) in [4.78, 5) is 1.34. The standard InChI is InChI=1S/C34H20N2S/c1-2-7-23(8-3-1)35-30-12-5-4-9-24(30)28-19-21(13-15-31(28)35)22-14-16-32-29(20-22)26-11-6-10-25-27-17-18-37-34(27)36(32)33(25)26/h1-20H. The fourth-order valence-corrected chi connectivity index (χ4v) is 7.30. The molecule has 4 aromatic heterocycles. The Morgan fingerprint density at radius 2 is 1.11 bits per heavy atom. The third kappa shape index (κ3) is 2.49. The van der Waals surface area contributed by atoms with Crippen molar-refractivity contribution in [1.82, 2.24) is 8.97 Å². The second-order valence-electron chi connectivity index (χ2n) is 9.83. The molecule has 37 heavy (non-hydrogen) atoms. The van der Waals surface area contributed by atoms with E-state index in [0.29, 0.717) is 0 Å².